The van der Waals surface area contributed by atoms with Crippen molar-refractivity contribution >= 4 is 15.7 Å². The van der Waals surface area contributed by atoms with E-state index < -0.39 is 15.9 Å². The number of aryl methyl sites for hydroxylation is 1. The molecule has 4 aromatic rings. The lowest BCUT2D eigenvalue weighted by Gasteiger charge is -2.22. The Balaban J connectivity index is 1.96. The number of nitrogens with one attached hydrogen (secondary N) is 1. The molecule has 40 heavy (non-hydrogen) atoms. The Labute approximate surface area is 237 Å². The largest absolute Gasteiger partial charge is 0.493 e. The molecule has 0 amide bonds. The van der Waals surface area contributed by atoms with Gasteiger partial charge in [0.15, 0.2) is 11.5 Å². The van der Waals surface area contributed by atoms with Crippen molar-refractivity contribution in [2.24, 2.45) is 0 Å². The lowest BCUT2D eigenvalue weighted by molar-refractivity contribution is 0.349. The standard InChI is InChI=1S/C32H39NO6S/c1-20-10-12-21(13-11-20)40(34,35)33-23-19-27(37-9)26(36-8)18-22(23)30(24-14-16-28(38-24)31(2,3)4)25-15-17-29(39-25)32(5,6)7/h10-19,30,33H,1-9H3. The summed E-state index contributed by atoms with van der Waals surface area (Å²) in [7, 11) is -0.884. The van der Waals surface area contributed by atoms with Crippen LogP contribution in [0.5, 0.6) is 11.5 Å². The van der Waals surface area contributed by atoms with E-state index in [2.05, 4.69) is 46.3 Å². The normalized spacial score (nSPS) is 12.6. The first-order chi connectivity index (χ1) is 18.6. The van der Waals surface area contributed by atoms with Crippen LogP contribution < -0.4 is 14.2 Å². The highest BCUT2D eigenvalue weighted by Gasteiger charge is 2.32. The molecule has 0 spiro atoms. The summed E-state index contributed by atoms with van der Waals surface area (Å²) in [4.78, 5) is 0.149. The van der Waals surface area contributed by atoms with Crippen molar-refractivity contribution in [3.8, 4) is 11.5 Å². The van der Waals surface area contributed by atoms with Crippen molar-refractivity contribution in [3.05, 3.63) is 94.8 Å². The van der Waals surface area contributed by atoms with Gasteiger partial charge in [-0.2, -0.15) is 0 Å². The lowest BCUT2D eigenvalue weighted by Crippen LogP contribution is -2.16. The summed E-state index contributed by atoms with van der Waals surface area (Å²) in [6, 6.07) is 17.8. The zero-order chi connectivity index (χ0) is 29.5. The molecule has 0 radical (unpaired) electrons. The number of anilines is 1. The second kappa shape index (κ2) is 10.7. The number of rotatable bonds is 8. The molecular weight excluding hydrogens is 526 g/mol. The summed E-state index contributed by atoms with van der Waals surface area (Å²) in [5, 5.41) is 0. The molecule has 0 atom stereocenters. The molecule has 0 saturated heterocycles. The van der Waals surface area contributed by atoms with Gasteiger partial charge in [-0.1, -0.05) is 59.2 Å². The van der Waals surface area contributed by atoms with E-state index in [-0.39, 0.29) is 15.7 Å². The first kappa shape index (κ1) is 29.3. The monoisotopic (exact) mass is 565 g/mol. The average Bonchev–Trinajstić information content (AvgIpc) is 3.56. The second-order valence-electron chi connectivity index (χ2n) is 12.1. The van der Waals surface area contributed by atoms with Gasteiger partial charge in [0, 0.05) is 16.9 Å². The summed E-state index contributed by atoms with van der Waals surface area (Å²) in [5.74, 6) is 3.09. The number of hydrogen-bond donors (Lipinski definition) is 1. The summed E-state index contributed by atoms with van der Waals surface area (Å²) in [6.45, 7) is 14.4. The fourth-order valence-corrected chi connectivity index (χ4v) is 5.49. The van der Waals surface area contributed by atoms with Crippen LogP contribution in [0.1, 0.15) is 81.6 Å². The summed E-state index contributed by atoms with van der Waals surface area (Å²) < 4.78 is 53.9. The zero-order valence-electron chi connectivity index (χ0n) is 24.7. The molecule has 1 N–H and O–H groups in total. The molecule has 8 heteroatoms. The highest BCUT2D eigenvalue weighted by atomic mass is 32.2. The number of sulfonamides is 1. The third-order valence-electron chi connectivity index (χ3n) is 6.74. The molecule has 2 aromatic heterocycles. The molecule has 2 aromatic carbocycles. The van der Waals surface area contributed by atoms with E-state index >= 15 is 0 Å². The summed E-state index contributed by atoms with van der Waals surface area (Å²) in [6.07, 6.45) is 0. The fourth-order valence-electron chi connectivity index (χ4n) is 4.41. The van der Waals surface area contributed by atoms with Crippen LogP contribution in [-0.4, -0.2) is 22.6 Å². The maximum Gasteiger partial charge on any atom is 0.261 e. The van der Waals surface area contributed by atoms with Crippen LogP contribution in [0.4, 0.5) is 5.69 Å². The van der Waals surface area contributed by atoms with Crippen LogP contribution in [0.2, 0.25) is 0 Å². The predicted molar refractivity (Wildman–Crippen MR) is 157 cm³/mol. The molecule has 0 fully saturated rings. The molecule has 214 valence electrons. The Morgan fingerprint density at radius 2 is 1.20 bits per heavy atom. The van der Waals surface area contributed by atoms with Crippen LogP contribution in [0, 0.1) is 6.92 Å². The van der Waals surface area contributed by atoms with Gasteiger partial charge >= 0.3 is 0 Å². The van der Waals surface area contributed by atoms with Gasteiger partial charge in [-0.25, -0.2) is 8.42 Å². The third kappa shape index (κ3) is 6.07. The van der Waals surface area contributed by atoms with Crippen molar-refractivity contribution in [1.82, 2.24) is 0 Å². The van der Waals surface area contributed by atoms with Gasteiger partial charge in [0.25, 0.3) is 10.0 Å². The van der Waals surface area contributed by atoms with Crippen LogP contribution in [-0.2, 0) is 20.9 Å². The van der Waals surface area contributed by atoms with Crippen LogP contribution in [0.3, 0.4) is 0 Å². The van der Waals surface area contributed by atoms with Gasteiger partial charge in [-0.3, -0.25) is 4.72 Å². The van der Waals surface area contributed by atoms with Gasteiger partial charge in [0.1, 0.15) is 29.0 Å². The summed E-state index contributed by atoms with van der Waals surface area (Å²) >= 11 is 0. The van der Waals surface area contributed by atoms with Gasteiger partial charge in [-0.15, -0.1) is 0 Å². The Bertz CT molecular complexity index is 1530. The minimum atomic E-state index is -3.94. The van der Waals surface area contributed by atoms with Crippen LogP contribution >= 0.6 is 0 Å². The summed E-state index contributed by atoms with van der Waals surface area (Å²) in [5.41, 5.74) is 1.43. The van der Waals surface area contributed by atoms with Crippen molar-refractivity contribution < 1.29 is 26.7 Å². The number of hydrogen-bond acceptors (Lipinski definition) is 6. The topological polar surface area (TPSA) is 90.9 Å². The van der Waals surface area contributed by atoms with E-state index in [4.69, 9.17) is 18.3 Å². The van der Waals surface area contributed by atoms with Gasteiger partial charge in [0.05, 0.1) is 24.8 Å². The fraction of sp³-hybridized carbons (Fsp3) is 0.375. The maximum absolute atomic E-state index is 13.6. The van der Waals surface area contributed by atoms with E-state index in [1.54, 1.807) is 43.5 Å². The third-order valence-corrected chi connectivity index (χ3v) is 8.12. The molecule has 0 bridgehead atoms. The first-order valence-electron chi connectivity index (χ1n) is 13.2. The van der Waals surface area contributed by atoms with Crippen molar-refractivity contribution in [2.75, 3.05) is 18.9 Å². The molecule has 2 heterocycles. The van der Waals surface area contributed by atoms with Crippen LogP contribution in [0.15, 0.2) is 74.4 Å². The number of ether oxygens (including phenoxy) is 2. The number of furan rings is 2. The predicted octanol–water partition coefficient (Wildman–Crippen LogP) is 7.77. The molecule has 0 aliphatic rings. The van der Waals surface area contributed by atoms with E-state index in [9.17, 15) is 8.42 Å². The Morgan fingerprint density at radius 3 is 1.62 bits per heavy atom. The van der Waals surface area contributed by atoms with E-state index in [1.165, 1.54) is 7.11 Å². The number of benzene rings is 2. The van der Waals surface area contributed by atoms with Crippen molar-refractivity contribution in [3.63, 3.8) is 0 Å². The first-order valence-corrected chi connectivity index (χ1v) is 14.7. The molecule has 0 aliphatic carbocycles. The Hall–Kier alpha value is -3.65. The Kier molecular flexibility index (Phi) is 7.87. The van der Waals surface area contributed by atoms with Crippen molar-refractivity contribution in [2.45, 2.75) is 70.1 Å². The molecule has 0 aliphatic heterocycles. The van der Waals surface area contributed by atoms with Gasteiger partial charge < -0.3 is 18.3 Å². The SMILES string of the molecule is COc1cc(NS(=O)(=O)c2ccc(C)cc2)c(C(c2ccc(C(C)(C)C)o2)c2ccc(C(C)(C)C)o2)cc1OC. The molecule has 4 rings (SSSR count). The molecule has 7 nitrogen and oxygen atoms in total. The highest BCUT2D eigenvalue weighted by Crippen LogP contribution is 2.45. The minimum absolute atomic E-state index is 0.149. The Morgan fingerprint density at radius 1 is 0.725 bits per heavy atom. The highest BCUT2D eigenvalue weighted by molar-refractivity contribution is 7.92. The van der Waals surface area contributed by atoms with Gasteiger partial charge in [0.2, 0.25) is 0 Å². The second-order valence-corrected chi connectivity index (χ2v) is 13.7. The maximum atomic E-state index is 13.6. The molecular formula is C32H39NO6S. The van der Waals surface area contributed by atoms with Gasteiger partial charge in [-0.05, 0) is 55.0 Å². The minimum Gasteiger partial charge on any atom is -0.493 e. The molecule has 0 unspecified atom stereocenters. The number of methoxy groups -OCH3 is 2. The van der Waals surface area contributed by atoms with Crippen molar-refractivity contribution in [1.29, 1.82) is 0 Å². The average molecular weight is 566 g/mol. The zero-order valence-corrected chi connectivity index (χ0v) is 25.5. The van der Waals surface area contributed by atoms with E-state index in [0.29, 0.717) is 34.3 Å². The van der Waals surface area contributed by atoms with E-state index in [0.717, 1.165) is 17.1 Å². The quantitative estimate of drug-likeness (QED) is 0.235. The van der Waals surface area contributed by atoms with Crippen LogP contribution in [0.25, 0.3) is 0 Å². The smallest absolute Gasteiger partial charge is 0.261 e. The lowest BCUT2D eigenvalue weighted by atomic mass is 9.92. The molecule has 0 saturated carbocycles. The van der Waals surface area contributed by atoms with E-state index in [1.807, 2.05) is 31.2 Å².